The summed E-state index contributed by atoms with van der Waals surface area (Å²) < 4.78 is 6.00. The van der Waals surface area contributed by atoms with Gasteiger partial charge in [0, 0.05) is 25.6 Å². The summed E-state index contributed by atoms with van der Waals surface area (Å²) in [6.45, 7) is 1.34. The third-order valence-electron chi connectivity index (χ3n) is 3.12. The monoisotopic (exact) mass is 288 g/mol. The van der Waals surface area contributed by atoms with Gasteiger partial charge in [0.2, 0.25) is 5.91 Å². The summed E-state index contributed by atoms with van der Waals surface area (Å²) in [5, 5.41) is 3.19. The van der Waals surface area contributed by atoms with Gasteiger partial charge in [-0.25, -0.2) is 0 Å². The van der Waals surface area contributed by atoms with Crippen LogP contribution in [0, 0.1) is 0 Å². The molecule has 2 heterocycles. The van der Waals surface area contributed by atoms with Gasteiger partial charge in [0.15, 0.2) is 0 Å². The number of carbonyl (C=O) groups is 1. The molecule has 1 N–H and O–H groups in total. The van der Waals surface area contributed by atoms with Gasteiger partial charge in [-0.05, 0) is 18.6 Å². The number of halogens is 1. The Kier molecular flexibility index (Phi) is 4.61. The second kappa shape index (κ2) is 6.02. The van der Waals surface area contributed by atoms with Crippen LogP contribution < -0.4 is 5.32 Å². The SMILES string of the molecule is COC1CNC(C(=O)N(C)Cc2ccc(Cl)s2)C1. The minimum Gasteiger partial charge on any atom is -0.380 e. The number of nitrogens with zero attached hydrogens (tertiary/aromatic N) is 1. The Bertz CT molecular complexity index is 424. The third-order valence-corrected chi connectivity index (χ3v) is 4.34. The van der Waals surface area contributed by atoms with Crippen molar-refractivity contribution in [1.29, 1.82) is 0 Å². The van der Waals surface area contributed by atoms with Crippen molar-refractivity contribution in [2.75, 3.05) is 20.7 Å². The maximum Gasteiger partial charge on any atom is 0.239 e. The Labute approximate surface area is 116 Å². The summed E-state index contributed by atoms with van der Waals surface area (Å²) >= 11 is 7.38. The molecule has 1 saturated heterocycles. The van der Waals surface area contributed by atoms with Crippen LogP contribution in [-0.2, 0) is 16.1 Å². The zero-order chi connectivity index (χ0) is 13.1. The molecule has 1 aliphatic heterocycles. The predicted molar refractivity (Wildman–Crippen MR) is 73.0 cm³/mol. The van der Waals surface area contributed by atoms with Crippen LogP contribution in [-0.4, -0.2) is 43.7 Å². The van der Waals surface area contributed by atoms with E-state index in [0.29, 0.717) is 6.54 Å². The summed E-state index contributed by atoms with van der Waals surface area (Å²) in [5.41, 5.74) is 0. The van der Waals surface area contributed by atoms with E-state index in [2.05, 4.69) is 5.32 Å². The number of thiophene rings is 1. The number of likely N-dealkylation sites (N-methyl/N-ethyl adjacent to an activating group) is 1. The number of carbonyl (C=O) groups excluding carboxylic acids is 1. The van der Waals surface area contributed by atoms with Crippen molar-refractivity contribution in [3.63, 3.8) is 0 Å². The van der Waals surface area contributed by atoms with Crippen molar-refractivity contribution in [2.24, 2.45) is 0 Å². The smallest absolute Gasteiger partial charge is 0.239 e. The van der Waals surface area contributed by atoms with Gasteiger partial charge in [-0.2, -0.15) is 0 Å². The number of rotatable bonds is 4. The van der Waals surface area contributed by atoms with Crippen molar-refractivity contribution in [2.45, 2.75) is 25.1 Å². The van der Waals surface area contributed by atoms with Crippen LogP contribution in [0.25, 0.3) is 0 Å². The quantitative estimate of drug-likeness (QED) is 0.917. The molecule has 0 radical (unpaired) electrons. The molecular formula is C12H17ClN2O2S. The molecule has 1 aromatic heterocycles. The number of hydrogen-bond acceptors (Lipinski definition) is 4. The number of amides is 1. The molecule has 0 saturated carbocycles. The summed E-state index contributed by atoms with van der Waals surface area (Å²) in [7, 11) is 3.49. The molecule has 0 aromatic carbocycles. The van der Waals surface area contributed by atoms with Crippen LogP contribution in [0.4, 0.5) is 0 Å². The number of ether oxygens (including phenoxy) is 1. The van der Waals surface area contributed by atoms with Gasteiger partial charge in [-0.15, -0.1) is 11.3 Å². The number of methoxy groups -OCH3 is 1. The minimum absolute atomic E-state index is 0.110. The lowest BCUT2D eigenvalue weighted by Gasteiger charge is -2.20. The maximum atomic E-state index is 12.2. The summed E-state index contributed by atoms with van der Waals surface area (Å²) in [4.78, 5) is 15.0. The van der Waals surface area contributed by atoms with Crippen molar-refractivity contribution >= 4 is 28.8 Å². The first-order valence-electron chi connectivity index (χ1n) is 5.85. The standard InChI is InChI=1S/C12H17ClN2O2S/c1-15(7-9-3-4-11(13)18-9)12(16)10-5-8(17-2)6-14-10/h3-4,8,10,14H,5-7H2,1-2H3. The van der Waals surface area contributed by atoms with E-state index in [-0.39, 0.29) is 18.1 Å². The number of hydrogen-bond donors (Lipinski definition) is 1. The summed E-state index contributed by atoms with van der Waals surface area (Å²) in [6.07, 6.45) is 0.883. The van der Waals surface area contributed by atoms with E-state index in [1.54, 1.807) is 12.0 Å². The maximum absolute atomic E-state index is 12.2. The third kappa shape index (κ3) is 3.23. The highest BCUT2D eigenvalue weighted by molar-refractivity contribution is 7.16. The molecule has 1 amide bonds. The Balaban J connectivity index is 1.89. The summed E-state index contributed by atoms with van der Waals surface area (Å²) in [6, 6.07) is 3.68. The molecule has 6 heteroatoms. The Morgan fingerprint density at radius 2 is 2.44 bits per heavy atom. The fourth-order valence-corrected chi connectivity index (χ4v) is 3.23. The molecule has 100 valence electrons. The molecule has 1 fully saturated rings. The zero-order valence-corrected chi connectivity index (χ0v) is 12.1. The molecule has 2 unspecified atom stereocenters. The van der Waals surface area contributed by atoms with Gasteiger partial charge in [-0.1, -0.05) is 11.6 Å². The van der Waals surface area contributed by atoms with Crippen LogP contribution in [0.1, 0.15) is 11.3 Å². The van der Waals surface area contributed by atoms with Gasteiger partial charge >= 0.3 is 0 Å². The molecule has 0 aliphatic carbocycles. The lowest BCUT2D eigenvalue weighted by Crippen LogP contribution is -2.41. The average molecular weight is 289 g/mol. The van der Waals surface area contributed by atoms with E-state index < -0.39 is 0 Å². The van der Waals surface area contributed by atoms with Crippen LogP contribution >= 0.6 is 22.9 Å². The summed E-state index contributed by atoms with van der Waals surface area (Å²) in [5.74, 6) is 0.110. The second-order valence-electron chi connectivity index (χ2n) is 4.45. The van der Waals surface area contributed by atoms with Crippen LogP contribution in [0.5, 0.6) is 0 Å². The van der Waals surface area contributed by atoms with Crippen molar-refractivity contribution in [1.82, 2.24) is 10.2 Å². The highest BCUT2D eigenvalue weighted by Crippen LogP contribution is 2.23. The molecule has 0 spiro atoms. The van der Waals surface area contributed by atoms with E-state index >= 15 is 0 Å². The van der Waals surface area contributed by atoms with Crippen molar-refractivity contribution < 1.29 is 9.53 Å². The molecule has 0 bridgehead atoms. The Morgan fingerprint density at radius 1 is 1.67 bits per heavy atom. The van der Waals surface area contributed by atoms with Crippen LogP contribution in [0.3, 0.4) is 0 Å². The van der Waals surface area contributed by atoms with E-state index in [1.165, 1.54) is 11.3 Å². The molecule has 18 heavy (non-hydrogen) atoms. The fraction of sp³-hybridized carbons (Fsp3) is 0.583. The van der Waals surface area contributed by atoms with Gasteiger partial charge in [0.05, 0.1) is 23.0 Å². The fourth-order valence-electron chi connectivity index (χ4n) is 2.09. The lowest BCUT2D eigenvalue weighted by atomic mass is 10.2. The molecule has 4 nitrogen and oxygen atoms in total. The number of nitrogens with one attached hydrogen (secondary N) is 1. The average Bonchev–Trinajstić information content (AvgIpc) is 2.97. The lowest BCUT2D eigenvalue weighted by molar-refractivity contribution is -0.132. The van der Waals surface area contributed by atoms with Crippen LogP contribution in [0.15, 0.2) is 12.1 Å². The highest BCUT2D eigenvalue weighted by atomic mass is 35.5. The molecule has 2 atom stereocenters. The van der Waals surface area contributed by atoms with Crippen LogP contribution in [0.2, 0.25) is 4.34 Å². The van der Waals surface area contributed by atoms with Gasteiger partial charge in [-0.3, -0.25) is 4.79 Å². The Morgan fingerprint density at radius 3 is 3.00 bits per heavy atom. The largest absolute Gasteiger partial charge is 0.380 e. The molecule has 2 rings (SSSR count). The van der Waals surface area contributed by atoms with Gasteiger partial charge in [0.25, 0.3) is 0 Å². The van der Waals surface area contributed by atoms with Gasteiger partial charge in [0.1, 0.15) is 0 Å². The highest BCUT2D eigenvalue weighted by Gasteiger charge is 2.31. The Hall–Kier alpha value is -0.620. The molecule has 1 aliphatic rings. The normalized spacial score (nSPS) is 23.3. The van der Waals surface area contributed by atoms with Crippen molar-refractivity contribution in [3.8, 4) is 0 Å². The first-order valence-corrected chi connectivity index (χ1v) is 7.05. The predicted octanol–water partition coefficient (Wildman–Crippen LogP) is 1.74. The molecular weight excluding hydrogens is 272 g/mol. The van der Waals surface area contributed by atoms with Crippen molar-refractivity contribution in [3.05, 3.63) is 21.3 Å². The van der Waals surface area contributed by atoms with E-state index in [4.69, 9.17) is 16.3 Å². The van der Waals surface area contributed by atoms with E-state index in [9.17, 15) is 4.79 Å². The van der Waals surface area contributed by atoms with E-state index in [0.717, 1.165) is 22.2 Å². The minimum atomic E-state index is -0.129. The zero-order valence-electron chi connectivity index (χ0n) is 10.5. The molecule has 1 aromatic rings. The topological polar surface area (TPSA) is 41.6 Å². The van der Waals surface area contributed by atoms with Gasteiger partial charge < -0.3 is 15.0 Å². The first-order chi connectivity index (χ1) is 8.60. The second-order valence-corrected chi connectivity index (χ2v) is 6.25. The van der Waals surface area contributed by atoms with E-state index in [1.807, 2.05) is 19.2 Å². The first kappa shape index (κ1) is 13.8.